The van der Waals surface area contributed by atoms with E-state index in [0.29, 0.717) is 11.6 Å². The number of hydrogen-bond donors (Lipinski definition) is 2. The Balaban J connectivity index is 1.48. The van der Waals surface area contributed by atoms with Gasteiger partial charge < -0.3 is 10.0 Å². The van der Waals surface area contributed by atoms with Crippen molar-refractivity contribution in [1.82, 2.24) is 0 Å². The van der Waals surface area contributed by atoms with Gasteiger partial charge in [-0.1, -0.05) is 36.4 Å². The van der Waals surface area contributed by atoms with Gasteiger partial charge in [-0.05, 0) is 67.1 Å². The molecule has 33 heavy (non-hydrogen) atoms. The lowest BCUT2D eigenvalue weighted by Gasteiger charge is -2.34. The summed E-state index contributed by atoms with van der Waals surface area (Å²) in [5.74, 6) is -1.27. The van der Waals surface area contributed by atoms with Gasteiger partial charge in [0.15, 0.2) is 0 Å². The number of hydrogen-bond acceptors (Lipinski definition) is 4. The van der Waals surface area contributed by atoms with E-state index in [1.165, 1.54) is 29.8 Å². The third-order valence-electron chi connectivity index (χ3n) is 5.91. The summed E-state index contributed by atoms with van der Waals surface area (Å²) in [5, 5.41) is 9.77. The van der Waals surface area contributed by atoms with E-state index in [1.807, 2.05) is 23.1 Å². The number of sulfonamides is 1. The molecule has 0 radical (unpaired) electrons. The highest BCUT2D eigenvalue weighted by atomic mass is 32.2. The van der Waals surface area contributed by atoms with Gasteiger partial charge in [0.2, 0.25) is 0 Å². The van der Waals surface area contributed by atoms with Crippen LogP contribution in [0.4, 0.5) is 15.8 Å². The van der Waals surface area contributed by atoms with Crippen LogP contribution in [-0.2, 0) is 16.4 Å². The molecule has 0 saturated carbocycles. The van der Waals surface area contributed by atoms with Crippen molar-refractivity contribution < 1.29 is 22.7 Å². The number of aromatic carboxylic acids is 1. The van der Waals surface area contributed by atoms with Crippen molar-refractivity contribution in [2.75, 3.05) is 22.7 Å². The summed E-state index contributed by atoms with van der Waals surface area (Å²) in [4.78, 5) is 13.8. The lowest BCUT2D eigenvalue weighted by molar-refractivity contribution is 0.0697. The van der Waals surface area contributed by atoms with Crippen LogP contribution in [0, 0.1) is 11.7 Å². The highest BCUT2D eigenvalue weighted by Gasteiger charge is 2.24. The topological polar surface area (TPSA) is 86.7 Å². The van der Waals surface area contributed by atoms with Gasteiger partial charge in [-0.2, -0.15) is 0 Å². The van der Waals surface area contributed by atoms with Crippen molar-refractivity contribution in [3.8, 4) is 0 Å². The third-order valence-corrected chi connectivity index (χ3v) is 7.29. The molecule has 3 aromatic carbocycles. The molecule has 0 amide bonds. The zero-order valence-corrected chi connectivity index (χ0v) is 18.8. The predicted octanol–water partition coefficient (Wildman–Crippen LogP) is 4.78. The van der Waals surface area contributed by atoms with Crippen LogP contribution >= 0.6 is 0 Å². The number of rotatable bonds is 7. The first kappa shape index (κ1) is 22.8. The Labute approximate surface area is 192 Å². The summed E-state index contributed by atoms with van der Waals surface area (Å²) in [7, 11) is -4.05. The number of halogens is 1. The molecule has 0 aliphatic carbocycles. The highest BCUT2D eigenvalue weighted by molar-refractivity contribution is 7.92. The Morgan fingerprint density at radius 3 is 2.39 bits per heavy atom. The molecule has 0 unspecified atom stereocenters. The minimum absolute atomic E-state index is 0.0240. The smallest absolute Gasteiger partial charge is 0.337 e. The van der Waals surface area contributed by atoms with Gasteiger partial charge in [0.25, 0.3) is 10.0 Å². The third kappa shape index (κ3) is 5.51. The molecule has 1 aliphatic heterocycles. The molecule has 3 aromatic rings. The van der Waals surface area contributed by atoms with Gasteiger partial charge in [0.05, 0.1) is 16.1 Å². The van der Waals surface area contributed by atoms with E-state index in [9.17, 15) is 22.7 Å². The quantitative estimate of drug-likeness (QED) is 0.521. The van der Waals surface area contributed by atoms with Crippen LogP contribution < -0.4 is 9.62 Å². The maximum Gasteiger partial charge on any atom is 0.337 e. The van der Waals surface area contributed by atoms with Crippen LogP contribution in [0.1, 0.15) is 28.8 Å². The average Bonchev–Trinajstić information content (AvgIpc) is 2.80. The molecule has 8 heteroatoms. The lowest BCUT2D eigenvalue weighted by Crippen LogP contribution is -2.35. The van der Waals surface area contributed by atoms with Crippen molar-refractivity contribution in [2.24, 2.45) is 5.92 Å². The number of anilines is 2. The first-order valence-corrected chi connectivity index (χ1v) is 12.2. The molecule has 2 N–H and O–H groups in total. The molecule has 0 bridgehead atoms. The summed E-state index contributed by atoms with van der Waals surface area (Å²) in [6, 6.07) is 19.4. The second-order valence-corrected chi connectivity index (χ2v) is 9.90. The Morgan fingerprint density at radius 2 is 1.73 bits per heavy atom. The zero-order chi connectivity index (χ0) is 23.4. The van der Waals surface area contributed by atoms with Gasteiger partial charge in [0, 0.05) is 18.8 Å². The number of carboxylic acid groups (broad SMARTS) is 1. The number of benzene rings is 3. The van der Waals surface area contributed by atoms with E-state index in [4.69, 9.17) is 0 Å². The second kappa shape index (κ2) is 9.62. The van der Waals surface area contributed by atoms with Crippen LogP contribution in [0.25, 0.3) is 0 Å². The van der Waals surface area contributed by atoms with Gasteiger partial charge >= 0.3 is 5.97 Å². The maximum atomic E-state index is 13.4. The number of carbonyl (C=O) groups is 1. The van der Waals surface area contributed by atoms with Crippen molar-refractivity contribution in [1.29, 1.82) is 0 Å². The first-order valence-electron chi connectivity index (χ1n) is 10.8. The minimum atomic E-state index is -4.05. The molecular formula is C25H25FN2O4S. The van der Waals surface area contributed by atoms with Crippen molar-refractivity contribution in [3.05, 3.63) is 89.7 Å². The van der Waals surface area contributed by atoms with Crippen LogP contribution in [0.15, 0.2) is 77.7 Å². The molecular weight excluding hydrogens is 443 g/mol. The summed E-state index contributed by atoms with van der Waals surface area (Å²) in [6.07, 6.45) is 2.89. The number of nitrogens with zero attached hydrogens (tertiary/aromatic N) is 1. The number of carboxylic acids is 1. The summed E-state index contributed by atoms with van der Waals surface area (Å²) < 4.78 is 40.9. The van der Waals surface area contributed by atoms with E-state index in [-0.39, 0.29) is 16.1 Å². The van der Waals surface area contributed by atoms with Crippen molar-refractivity contribution >= 4 is 27.4 Å². The van der Waals surface area contributed by atoms with Crippen LogP contribution in [0.5, 0.6) is 0 Å². The van der Waals surface area contributed by atoms with E-state index < -0.39 is 21.8 Å². The fourth-order valence-electron chi connectivity index (χ4n) is 4.22. The Kier molecular flexibility index (Phi) is 6.65. The SMILES string of the molecule is O=C(O)c1cc(NS(=O)(=O)c2cccc(F)c2)ccc1N1CCC(Cc2ccccc2)CC1. The largest absolute Gasteiger partial charge is 0.478 e. The van der Waals surface area contributed by atoms with Crippen LogP contribution in [0.2, 0.25) is 0 Å². The van der Waals surface area contributed by atoms with E-state index in [1.54, 1.807) is 6.07 Å². The molecule has 1 heterocycles. The number of piperidine rings is 1. The van der Waals surface area contributed by atoms with E-state index in [2.05, 4.69) is 16.9 Å². The van der Waals surface area contributed by atoms with Gasteiger partial charge in [-0.25, -0.2) is 17.6 Å². The van der Waals surface area contributed by atoms with Gasteiger partial charge in [0.1, 0.15) is 5.82 Å². The Hall–Kier alpha value is -3.39. The maximum absolute atomic E-state index is 13.4. The zero-order valence-electron chi connectivity index (χ0n) is 17.9. The molecule has 1 aliphatic rings. The van der Waals surface area contributed by atoms with Gasteiger partial charge in [-0.15, -0.1) is 0 Å². The molecule has 1 fully saturated rings. The first-order chi connectivity index (χ1) is 15.8. The molecule has 6 nitrogen and oxygen atoms in total. The fraction of sp³-hybridized carbons (Fsp3) is 0.240. The molecule has 0 spiro atoms. The lowest BCUT2D eigenvalue weighted by atomic mass is 9.90. The average molecular weight is 469 g/mol. The Morgan fingerprint density at radius 1 is 1.00 bits per heavy atom. The molecule has 172 valence electrons. The second-order valence-electron chi connectivity index (χ2n) is 8.22. The molecule has 0 atom stereocenters. The predicted molar refractivity (Wildman–Crippen MR) is 126 cm³/mol. The molecule has 1 saturated heterocycles. The standard InChI is InChI=1S/C25H25FN2O4S/c26-20-7-4-8-22(16-20)33(31,32)27-21-9-10-24(23(17-21)25(29)30)28-13-11-19(12-14-28)15-18-5-2-1-3-6-18/h1-10,16-17,19,27H,11-15H2,(H,29,30). The summed E-state index contributed by atoms with van der Waals surface area (Å²) >= 11 is 0. The number of nitrogens with one attached hydrogen (secondary N) is 1. The normalized spacial score (nSPS) is 14.8. The van der Waals surface area contributed by atoms with Gasteiger partial charge in [-0.3, -0.25) is 4.72 Å². The monoisotopic (exact) mass is 468 g/mol. The highest BCUT2D eigenvalue weighted by Crippen LogP contribution is 2.30. The van der Waals surface area contributed by atoms with Crippen molar-refractivity contribution in [2.45, 2.75) is 24.2 Å². The summed E-state index contributed by atoms with van der Waals surface area (Å²) in [5.41, 5.74) is 2.00. The van der Waals surface area contributed by atoms with Crippen LogP contribution in [0.3, 0.4) is 0 Å². The molecule has 0 aromatic heterocycles. The van der Waals surface area contributed by atoms with Crippen molar-refractivity contribution in [3.63, 3.8) is 0 Å². The fourth-order valence-corrected chi connectivity index (χ4v) is 5.30. The summed E-state index contributed by atoms with van der Waals surface area (Å²) in [6.45, 7) is 1.46. The van der Waals surface area contributed by atoms with E-state index >= 15 is 0 Å². The minimum Gasteiger partial charge on any atom is -0.478 e. The van der Waals surface area contributed by atoms with E-state index in [0.717, 1.165) is 44.5 Å². The molecule has 4 rings (SSSR count). The Bertz CT molecular complexity index is 1240. The van der Waals surface area contributed by atoms with Crippen LogP contribution in [-0.4, -0.2) is 32.6 Å².